The van der Waals surface area contributed by atoms with E-state index in [1.165, 1.54) is 173 Å². The fourth-order valence-corrected chi connectivity index (χ4v) is 8.51. The summed E-state index contributed by atoms with van der Waals surface area (Å²) in [5, 5.41) is 3.37. The van der Waals surface area contributed by atoms with Crippen LogP contribution in [0.15, 0.2) is 36.5 Å². The number of methoxy groups -OCH3 is 1. The lowest BCUT2D eigenvalue weighted by molar-refractivity contribution is -0.146. The summed E-state index contributed by atoms with van der Waals surface area (Å²) in [5.74, 6) is -0.149. The third-order valence-electron chi connectivity index (χ3n) is 12.7. The summed E-state index contributed by atoms with van der Waals surface area (Å²) in [6.07, 6.45) is 59.5. The van der Waals surface area contributed by atoms with E-state index in [-0.39, 0.29) is 30.5 Å². The molecular weight excluding hydrogens is 777 g/mol. The Hall–Kier alpha value is -1.92. The van der Waals surface area contributed by atoms with E-state index < -0.39 is 6.04 Å². The number of nitrogens with zero attached hydrogens (tertiary/aromatic N) is 1. The molecule has 0 aromatic carbocycles. The zero-order valence-corrected chi connectivity index (χ0v) is 43.1. The molecule has 0 aromatic rings. The van der Waals surface area contributed by atoms with E-state index in [4.69, 9.17) is 9.47 Å². The molecule has 0 rings (SSSR count). The molecule has 0 bridgehead atoms. The van der Waals surface area contributed by atoms with Gasteiger partial charge < -0.3 is 19.7 Å². The maximum Gasteiger partial charge on any atom is 0.305 e. The Morgan fingerprint density at radius 3 is 1.35 bits per heavy atom. The smallest absolute Gasteiger partial charge is 0.305 e. The van der Waals surface area contributed by atoms with Crippen molar-refractivity contribution in [3.8, 4) is 0 Å². The van der Waals surface area contributed by atoms with Crippen LogP contribution in [-0.4, -0.2) is 63.3 Å². The summed E-state index contributed by atoms with van der Waals surface area (Å²) in [4.78, 5) is 29.1. The first kappa shape index (κ1) is 61.1. The topological polar surface area (TPSA) is 67.9 Å². The average Bonchev–Trinajstić information content (AvgIpc) is 3.27. The molecule has 6 heteroatoms. The number of nitrogens with one attached hydrogen (secondary N) is 1. The van der Waals surface area contributed by atoms with Gasteiger partial charge in [0.15, 0.2) is 0 Å². The maximum atomic E-state index is 14.2. The van der Waals surface area contributed by atoms with Crippen molar-refractivity contribution < 1.29 is 19.1 Å². The highest BCUT2D eigenvalue weighted by atomic mass is 16.5. The average molecular weight is 886 g/mol. The minimum Gasteiger partial charge on any atom is -0.463 e. The van der Waals surface area contributed by atoms with Crippen LogP contribution in [0.1, 0.15) is 265 Å². The van der Waals surface area contributed by atoms with Gasteiger partial charge in [-0.15, -0.1) is 0 Å². The van der Waals surface area contributed by atoms with E-state index in [9.17, 15) is 9.59 Å². The van der Waals surface area contributed by atoms with E-state index in [1.54, 1.807) is 7.11 Å². The highest BCUT2D eigenvalue weighted by Crippen LogP contribution is 2.21. The fourth-order valence-electron chi connectivity index (χ4n) is 8.51. The minimum atomic E-state index is -0.420. The number of hydrogen-bond acceptors (Lipinski definition) is 5. The lowest BCUT2D eigenvalue weighted by Crippen LogP contribution is -2.48. The summed E-state index contributed by atoms with van der Waals surface area (Å²) < 4.78 is 11.8. The number of allylic oxidation sites excluding steroid dienone is 5. The summed E-state index contributed by atoms with van der Waals surface area (Å²) in [6.45, 7) is 7.79. The van der Waals surface area contributed by atoms with Crippen molar-refractivity contribution in [1.29, 1.82) is 0 Å². The molecule has 0 saturated carbocycles. The van der Waals surface area contributed by atoms with Crippen LogP contribution in [0.25, 0.3) is 0 Å². The lowest BCUT2D eigenvalue weighted by atomic mass is 9.92. The summed E-state index contributed by atoms with van der Waals surface area (Å²) in [6, 6.07) is -0.420. The molecule has 1 N–H and O–H groups in total. The van der Waals surface area contributed by atoms with Gasteiger partial charge in [-0.25, -0.2) is 0 Å². The molecule has 0 aromatic heterocycles. The van der Waals surface area contributed by atoms with Crippen LogP contribution in [0.5, 0.6) is 0 Å². The summed E-state index contributed by atoms with van der Waals surface area (Å²) in [5.41, 5.74) is 0. The first-order chi connectivity index (χ1) is 30.9. The Morgan fingerprint density at radius 2 is 0.905 bits per heavy atom. The van der Waals surface area contributed by atoms with Crippen LogP contribution in [0.3, 0.4) is 0 Å². The molecule has 3 atom stereocenters. The van der Waals surface area contributed by atoms with Gasteiger partial charge in [0.1, 0.15) is 6.61 Å². The van der Waals surface area contributed by atoms with Crippen LogP contribution in [0, 0.1) is 5.92 Å². The quantitative estimate of drug-likeness (QED) is 0.0374. The number of amides is 1. The molecule has 0 radical (unpaired) electrons. The first-order valence-corrected chi connectivity index (χ1v) is 27.5. The lowest BCUT2D eigenvalue weighted by Gasteiger charge is -2.27. The third kappa shape index (κ3) is 43.7. The predicted molar refractivity (Wildman–Crippen MR) is 276 cm³/mol. The molecule has 0 aliphatic rings. The Morgan fingerprint density at radius 1 is 0.508 bits per heavy atom. The van der Waals surface area contributed by atoms with E-state index in [0.717, 1.165) is 70.8 Å². The minimum absolute atomic E-state index is 0.0340. The van der Waals surface area contributed by atoms with Crippen molar-refractivity contribution in [2.24, 2.45) is 5.92 Å². The van der Waals surface area contributed by atoms with Crippen molar-refractivity contribution in [2.75, 3.05) is 34.4 Å². The Bertz CT molecular complexity index is 1050. The van der Waals surface area contributed by atoms with Gasteiger partial charge in [0.05, 0.1) is 12.1 Å². The van der Waals surface area contributed by atoms with Gasteiger partial charge in [-0.05, 0) is 84.8 Å². The summed E-state index contributed by atoms with van der Waals surface area (Å²) >= 11 is 0. The summed E-state index contributed by atoms with van der Waals surface area (Å²) in [7, 11) is 5.75. The normalized spacial score (nSPS) is 13.5. The predicted octanol–water partition coefficient (Wildman–Crippen LogP) is 16.8. The third-order valence-corrected chi connectivity index (χ3v) is 12.7. The van der Waals surface area contributed by atoms with Crippen molar-refractivity contribution in [3.63, 3.8) is 0 Å². The monoisotopic (exact) mass is 885 g/mol. The molecule has 0 saturated heterocycles. The number of carbonyl (C=O) groups excluding carboxylic acids is 2. The van der Waals surface area contributed by atoms with Gasteiger partial charge >= 0.3 is 5.97 Å². The van der Waals surface area contributed by atoms with Gasteiger partial charge in [-0.3, -0.25) is 9.59 Å². The van der Waals surface area contributed by atoms with E-state index in [0.29, 0.717) is 6.42 Å². The number of ether oxygens (including phenoxy) is 2. The number of esters is 1. The molecule has 63 heavy (non-hydrogen) atoms. The largest absolute Gasteiger partial charge is 0.463 e. The van der Waals surface area contributed by atoms with Gasteiger partial charge in [0, 0.05) is 19.4 Å². The molecule has 1 amide bonds. The Kier molecular flexibility index (Phi) is 48.0. The van der Waals surface area contributed by atoms with E-state index in [2.05, 4.69) is 67.4 Å². The van der Waals surface area contributed by atoms with Gasteiger partial charge in [0.2, 0.25) is 5.91 Å². The molecule has 6 nitrogen and oxygen atoms in total. The van der Waals surface area contributed by atoms with Crippen LogP contribution in [-0.2, 0) is 19.1 Å². The molecule has 0 aliphatic heterocycles. The van der Waals surface area contributed by atoms with Crippen molar-refractivity contribution >= 4 is 11.9 Å². The Balaban J connectivity index is 5.30. The number of carbonyl (C=O) groups is 2. The Labute approximate surface area is 393 Å². The number of unbranched alkanes of at least 4 members (excludes halogenated alkanes) is 29. The number of rotatable bonds is 49. The second-order valence-electron chi connectivity index (χ2n) is 19.2. The molecule has 370 valence electrons. The number of hydrogen-bond donors (Lipinski definition) is 1. The molecule has 3 unspecified atom stereocenters. The second kappa shape index (κ2) is 49.5. The van der Waals surface area contributed by atoms with Crippen LogP contribution in [0.2, 0.25) is 0 Å². The molecular formula is C57H108N2O4. The molecule has 0 fully saturated rings. The highest BCUT2D eigenvalue weighted by Gasteiger charge is 2.27. The van der Waals surface area contributed by atoms with Crippen LogP contribution in [0.4, 0.5) is 0 Å². The molecule has 0 spiro atoms. The molecule has 0 aliphatic carbocycles. The SMILES string of the molecule is CCCCC/C=C\C/C=C\CCCCCCC(CCCCCCCCCCCCCC)C(=O)NC(COC(=O)CCCN(C)C)C(/C=C/CCCCCCCCCCCCC)OC. The first-order valence-electron chi connectivity index (χ1n) is 27.5. The maximum absolute atomic E-state index is 14.2. The van der Waals surface area contributed by atoms with Crippen molar-refractivity contribution in [3.05, 3.63) is 36.5 Å². The van der Waals surface area contributed by atoms with E-state index >= 15 is 0 Å². The van der Waals surface area contributed by atoms with Crippen LogP contribution < -0.4 is 5.32 Å². The van der Waals surface area contributed by atoms with Gasteiger partial charge in [0.25, 0.3) is 0 Å². The van der Waals surface area contributed by atoms with Crippen LogP contribution >= 0.6 is 0 Å². The van der Waals surface area contributed by atoms with Crippen molar-refractivity contribution in [2.45, 2.75) is 277 Å². The van der Waals surface area contributed by atoms with Gasteiger partial charge in [-0.1, -0.05) is 231 Å². The van der Waals surface area contributed by atoms with Crippen molar-refractivity contribution in [1.82, 2.24) is 10.2 Å². The van der Waals surface area contributed by atoms with Gasteiger partial charge in [-0.2, -0.15) is 0 Å². The van der Waals surface area contributed by atoms with E-state index in [1.807, 2.05) is 14.1 Å². The fraction of sp³-hybridized carbons (Fsp3) is 0.860. The molecule has 0 heterocycles. The highest BCUT2D eigenvalue weighted by molar-refractivity contribution is 5.79. The standard InChI is InChI=1S/C57H108N2O4/c1-7-10-13-16-19-22-25-28-30-32-35-38-41-44-48-53(47-43-40-37-34-31-27-24-21-18-15-12-9-3)57(61)58-54(52-63-56(60)50-46-51-59(4)5)55(62-6)49-45-42-39-36-33-29-26-23-20-17-14-11-8-2/h19,22,28,30,45,49,53-55H,7-18,20-21,23-27,29,31-44,46-48,50-52H2,1-6H3,(H,58,61)/b22-19-,30-28-,49-45+. The zero-order valence-electron chi connectivity index (χ0n) is 43.1. The zero-order chi connectivity index (χ0) is 46.1. The second-order valence-corrected chi connectivity index (χ2v) is 19.2.